The third kappa shape index (κ3) is 3.10. The zero-order valence-corrected chi connectivity index (χ0v) is 14.4. The summed E-state index contributed by atoms with van der Waals surface area (Å²) in [5.74, 6) is -0.720. The molecule has 1 saturated heterocycles. The number of H-pyrrole nitrogens is 1. The van der Waals surface area contributed by atoms with Gasteiger partial charge in [0.2, 0.25) is 0 Å². The molecule has 0 saturated carbocycles. The number of carboxylic acids is 1. The number of nitrogens with zero attached hydrogens (tertiary/aromatic N) is 2. The maximum Gasteiger partial charge on any atom is 0.335 e. The van der Waals surface area contributed by atoms with Crippen molar-refractivity contribution in [2.45, 2.75) is 25.9 Å². The maximum atomic E-state index is 12.8. The number of carbonyl (C=O) groups is 2. The van der Waals surface area contributed by atoms with Crippen LogP contribution in [0.25, 0.3) is 0 Å². The molecule has 136 valence electrons. The second-order valence-electron chi connectivity index (χ2n) is 6.90. The van der Waals surface area contributed by atoms with Crippen molar-refractivity contribution in [2.24, 2.45) is 5.92 Å². The van der Waals surface area contributed by atoms with Crippen LogP contribution in [-0.4, -0.2) is 51.8 Å². The molecule has 2 N–H and O–H groups in total. The van der Waals surface area contributed by atoms with Crippen molar-refractivity contribution in [3.8, 4) is 0 Å². The number of aromatic amines is 1. The number of carbonyl (C=O) groups excluding carboxylic acids is 1. The Balaban J connectivity index is 1.45. The Labute approximate surface area is 151 Å². The molecule has 4 rings (SSSR count). The van der Waals surface area contributed by atoms with Crippen molar-refractivity contribution >= 4 is 11.9 Å². The van der Waals surface area contributed by atoms with Gasteiger partial charge in [-0.25, -0.2) is 4.79 Å². The summed E-state index contributed by atoms with van der Waals surface area (Å²) in [4.78, 5) is 26.0. The van der Waals surface area contributed by atoms with Gasteiger partial charge in [-0.1, -0.05) is 18.2 Å². The Morgan fingerprint density at radius 3 is 3.04 bits per heavy atom. The number of nitrogens with one attached hydrogen (secondary N) is 1. The Kier molecular flexibility index (Phi) is 4.46. The molecular formula is C19H21N3O4. The maximum absolute atomic E-state index is 12.8. The van der Waals surface area contributed by atoms with Crippen LogP contribution in [0.3, 0.4) is 0 Å². The van der Waals surface area contributed by atoms with Gasteiger partial charge in [0.15, 0.2) is 5.69 Å². The zero-order chi connectivity index (χ0) is 18.1. The van der Waals surface area contributed by atoms with E-state index in [0.717, 1.165) is 29.7 Å². The average molecular weight is 355 g/mol. The van der Waals surface area contributed by atoms with Crippen molar-refractivity contribution in [3.05, 3.63) is 52.3 Å². The van der Waals surface area contributed by atoms with Crippen LogP contribution in [0.5, 0.6) is 0 Å². The quantitative estimate of drug-likeness (QED) is 0.873. The third-order valence-corrected chi connectivity index (χ3v) is 5.23. The minimum atomic E-state index is -0.908. The highest BCUT2D eigenvalue weighted by molar-refractivity contribution is 5.94. The Hall–Kier alpha value is -2.67. The zero-order valence-electron chi connectivity index (χ0n) is 14.4. The molecule has 7 nitrogen and oxygen atoms in total. The minimum absolute atomic E-state index is 0.0676. The largest absolute Gasteiger partial charge is 0.478 e. The van der Waals surface area contributed by atoms with E-state index in [2.05, 4.69) is 10.2 Å². The van der Waals surface area contributed by atoms with Crippen LogP contribution in [0, 0.1) is 5.92 Å². The third-order valence-electron chi connectivity index (χ3n) is 5.23. The molecule has 0 bridgehead atoms. The lowest BCUT2D eigenvalue weighted by Crippen LogP contribution is -2.30. The van der Waals surface area contributed by atoms with Crippen LogP contribution in [0.15, 0.2) is 24.3 Å². The van der Waals surface area contributed by atoms with E-state index in [0.29, 0.717) is 44.0 Å². The van der Waals surface area contributed by atoms with Crippen LogP contribution in [0.1, 0.15) is 44.1 Å². The molecule has 26 heavy (non-hydrogen) atoms. The number of amides is 1. The summed E-state index contributed by atoms with van der Waals surface area (Å²) >= 11 is 0. The van der Waals surface area contributed by atoms with E-state index in [-0.39, 0.29) is 11.8 Å². The van der Waals surface area contributed by atoms with Gasteiger partial charge in [-0.2, -0.15) is 5.10 Å². The number of rotatable bonds is 4. The molecule has 0 radical (unpaired) electrons. The molecule has 2 aromatic rings. The number of hydrogen-bond acceptors (Lipinski definition) is 4. The lowest BCUT2D eigenvalue weighted by molar-refractivity contribution is 0.0693. The predicted molar refractivity (Wildman–Crippen MR) is 93.1 cm³/mol. The fourth-order valence-corrected chi connectivity index (χ4v) is 3.84. The number of hydrogen-bond donors (Lipinski definition) is 2. The molecule has 0 spiro atoms. The summed E-state index contributed by atoms with van der Waals surface area (Å²) in [6.45, 7) is 2.37. The summed E-state index contributed by atoms with van der Waals surface area (Å²) in [6, 6.07) is 7.08. The van der Waals surface area contributed by atoms with Gasteiger partial charge in [0.1, 0.15) is 0 Å². The number of carboxylic acid groups (broad SMARTS) is 1. The highest BCUT2D eigenvalue weighted by atomic mass is 16.5. The number of ether oxygens (including phenoxy) is 1. The van der Waals surface area contributed by atoms with Gasteiger partial charge in [0, 0.05) is 30.8 Å². The van der Waals surface area contributed by atoms with Crippen LogP contribution >= 0.6 is 0 Å². The number of likely N-dealkylation sites (tertiary alicyclic amines) is 1. The second kappa shape index (κ2) is 6.92. The van der Waals surface area contributed by atoms with E-state index in [1.165, 1.54) is 0 Å². The highest BCUT2D eigenvalue weighted by Crippen LogP contribution is 2.26. The van der Waals surface area contributed by atoms with E-state index in [9.17, 15) is 14.7 Å². The summed E-state index contributed by atoms with van der Waals surface area (Å²) < 4.78 is 5.46. The number of aromatic nitrogens is 2. The first-order chi connectivity index (χ1) is 12.6. The van der Waals surface area contributed by atoms with Gasteiger partial charge in [0.25, 0.3) is 5.91 Å². The lowest BCUT2D eigenvalue weighted by atomic mass is 9.95. The standard InChI is InChI=1S/C19H21N3O4/c23-18(17-15-11-26-8-6-16(15)20-21-17)22-7-5-12(10-22)9-13-3-1-2-4-14(13)19(24)25/h1-4,12H,5-11H2,(H,20,21)(H,24,25). The molecule has 2 aliphatic heterocycles. The highest BCUT2D eigenvalue weighted by Gasteiger charge is 2.31. The predicted octanol–water partition coefficient (Wildman–Crippen LogP) is 1.89. The van der Waals surface area contributed by atoms with E-state index >= 15 is 0 Å². The summed E-state index contributed by atoms with van der Waals surface area (Å²) in [5.41, 5.74) is 3.50. The SMILES string of the molecule is O=C(O)c1ccccc1CC1CCN(C(=O)c2n[nH]c3c2COCC3)C1. The van der Waals surface area contributed by atoms with Crippen molar-refractivity contribution in [1.29, 1.82) is 0 Å². The Morgan fingerprint density at radius 1 is 1.35 bits per heavy atom. The molecule has 2 aliphatic rings. The van der Waals surface area contributed by atoms with Crippen LogP contribution in [0.2, 0.25) is 0 Å². The minimum Gasteiger partial charge on any atom is -0.478 e. The summed E-state index contributed by atoms with van der Waals surface area (Å²) in [6.07, 6.45) is 2.28. The average Bonchev–Trinajstić information content (AvgIpc) is 3.28. The second-order valence-corrected chi connectivity index (χ2v) is 6.90. The topological polar surface area (TPSA) is 95.5 Å². The molecular weight excluding hydrogens is 334 g/mol. The molecule has 7 heteroatoms. The normalized spacial score (nSPS) is 19.4. The number of aromatic carboxylic acids is 1. The Morgan fingerprint density at radius 2 is 2.19 bits per heavy atom. The van der Waals surface area contributed by atoms with E-state index in [1.54, 1.807) is 12.1 Å². The number of benzene rings is 1. The number of fused-ring (bicyclic) bond motifs is 1. The first kappa shape index (κ1) is 16.8. The summed E-state index contributed by atoms with van der Waals surface area (Å²) in [7, 11) is 0. The molecule has 1 aromatic carbocycles. The molecule has 1 atom stereocenters. The van der Waals surface area contributed by atoms with Gasteiger partial charge < -0.3 is 14.7 Å². The van der Waals surface area contributed by atoms with E-state index < -0.39 is 5.97 Å². The molecule has 1 fully saturated rings. The van der Waals surface area contributed by atoms with Crippen molar-refractivity contribution in [2.75, 3.05) is 19.7 Å². The van der Waals surface area contributed by atoms with Crippen molar-refractivity contribution < 1.29 is 19.4 Å². The first-order valence-electron chi connectivity index (χ1n) is 8.88. The van der Waals surface area contributed by atoms with E-state index in [4.69, 9.17) is 4.74 Å². The smallest absolute Gasteiger partial charge is 0.335 e. The van der Waals surface area contributed by atoms with Gasteiger partial charge in [-0.3, -0.25) is 9.89 Å². The van der Waals surface area contributed by atoms with Gasteiger partial charge in [-0.15, -0.1) is 0 Å². The lowest BCUT2D eigenvalue weighted by Gasteiger charge is -2.18. The molecule has 1 amide bonds. The molecule has 3 heterocycles. The van der Waals surface area contributed by atoms with Gasteiger partial charge in [-0.05, 0) is 30.4 Å². The monoisotopic (exact) mass is 355 g/mol. The first-order valence-corrected chi connectivity index (χ1v) is 8.88. The molecule has 1 aromatic heterocycles. The molecule has 1 unspecified atom stereocenters. The fourth-order valence-electron chi connectivity index (χ4n) is 3.84. The van der Waals surface area contributed by atoms with Crippen molar-refractivity contribution in [1.82, 2.24) is 15.1 Å². The van der Waals surface area contributed by atoms with E-state index in [1.807, 2.05) is 17.0 Å². The molecule has 0 aliphatic carbocycles. The summed E-state index contributed by atoms with van der Waals surface area (Å²) in [5, 5.41) is 16.5. The van der Waals surface area contributed by atoms with Crippen LogP contribution < -0.4 is 0 Å². The van der Waals surface area contributed by atoms with Gasteiger partial charge >= 0.3 is 5.97 Å². The Bertz CT molecular complexity index is 845. The van der Waals surface area contributed by atoms with Crippen molar-refractivity contribution in [3.63, 3.8) is 0 Å². The van der Waals surface area contributed by atoms with Gasteiger partial charge in [0.05, 0.1) is 18.8 Å². The fraction of sp³-hybridized carbons (Fsp3) is 0.421. The van der Waals surface area contributed by atoms with Crippen LogP contribution in [-0.2, 0) is 24.2 Å². The van der Waals surface area contributed by atoms with Crippen LogP contribution in [0.4, 0.5) is 0 Å².